The number of hydrogen-bond donors (Lipinski definition) is 6. The molecule has 0 atom stereocenters. The van der Waals surface area contributed by atoms with Crippen LogP contribution in [0.25, 0.3) is 9.81 Å². The van der Waals surface area contributed by atoms with Crippen LogP contribution in [-0.2, 0) is 20.2 Å². The molecule has 0 fully saturated rings. The second-order valence-electron chi connectivity index (χ2n) is 4.99. The van der Waals surface area contributed by atoms with Gasteiger partial charge in [0.15, 0.2) is 0 Å². The van der Waals surface area contributed by atoms with Crippen LogP contribution in [0, 0.1) is 0 Å². The molecule has 0 saturated carbocycles. The molecule has 0 saturated heterocycles. The van der Waals surface area contributed by atoms with Crippen molar-refractivity contribution in [3.8, 4) is 0 Å². The fraction of sp³-hybridized carbons (Fsp3) is 0. The zero-order valence-electron chi connectivity index (χ0n) is 13.1. The van der Waals surface area contributed by atoms with Gasteiger partial charge in [-0.2, -0.15) is 16.8 Å². The van der Waals surface area contributed by atoms with Crippen LogP contribution in [0.1, 0.15) is 11.1 Å². The number of anilines is 2. The third-order valence-corrected chi connectivity index (χ3v) is 5.39. The molecule has 26 heavy (non-hydrogen) atoms. The van der Waals surface area contributed by atoms with E-state index in [9.17, 15) is 25.9 Å². The summed E-state index contributed by atoms with van der Waals surface area (Å²) < 4.78 is 67.5. The maximum Gasteiger partial charge on any atom is 0.296 e. The highest BCUT2D eigenvalue weighted by Gasteiger charge is 2.32. The lowest BCUT2D eigenvalue weighted by Crippen LogP contribution is -2.18. The lowest BCUT2D eigenvalue weighted by molar-refractivity contribution is 0.491. The first-order chi connectivity index (χ1) is 12.1. The van der Waals surface area contributed by atoms with E-state index in [1.54, 1.807) is 6.07 Å². The third-order valence-electron chi connectivity index (χ3n) is 3.37. The van der Waals surface area contributed by atoms with Gasteiger partial charge in [-0.05, 0) is 11.6 Å². The van der Waals surface area contributed by atoms with Crippen LogP contribution in [-0.4, -0.2) is 25.9 Å². The van der Waals surface area contributed by atoms with Crippen LogP contribution in [0.3, 0.4) is 0 Å². The molecular formula is C14H16N4O6S2. The summed E-state index contributed by atoms with van der Waals surface area (Å²) in [4.78, 5) is -2.07. The van der Waals surface area contributed by atoms with Gasteiger partial charge in [-0.3, -0.25) is 20.8 Å². The summed E-state index contributed by atoms with van der Waals surface area (Å²) in [5.74, 6) is 10.7. The predicted molar refractivity (Wildman–Crippen MR) is 98.4 cm³/mol. The molecule has 8 N–H and O–H groups in total. The predicted octanol–water partition coefficient (Wildman–Crippen LogP) is 0.859. The molecule has 0 aromatic heterocycles. The van der Waals surface area contributed by atoms with Crippen molar-refractivity contribution < 1.29 is 25.9 Å². The van der Waals surface area contributed by atoms with Gasteiger partial charge in [0.2, 0.25) is 0 Å². The van der Waals surface area contributed by atoms with E-state index in [2.05, 4.69) is 10.9 Å². The molecule has 0 radical (unpaired) electrons. The quantitative estimate of drug-likeness (QED) is 0.176. The monoisotopic (exact) mass is 400 g/mol. The molecule has 0 aliphatic carbocycles. The highest BCUT2D eigenvalue weighted by molar-refractivity contribution is 8.01. The van der Waals surface area contributed by atoms with E-state index in [4.69, 9.17) is 11.7 Å². The van der Waals surface area contributed by atoms with Gasteiger partial charge in [0.25, 0.3) is 20.2 Å². The normalized spacial score (nSPS) is 13.1. The summed E-state index contributed by atoms with van der Waals surface area (Å²) in [6, 6.07) is 10.9. The number of benzene rings is 2. The lowest BCUT2D eigenvalue weighted by atomic mass is 10.1. The fourth-order valence-electron chi connectivity index (χ4n) is 2.38. The molecule has 10 nitrogen and oxygen atoms in total. The zero-order chi connectivity index (χ0) is 19.5. The molecule has 0 amide bonds. The minimum absolute atomic E-state index is 0.111. The lowest BCUT2D eigenvalue weighted by Gasteiger charge is -2.17. The van der Waals surface area contributed by atoms with E-state index in [1.165, 1.54) is 42.5 Å². The van der Waals surface area contributed by atoms with Gasteiger partial charge < -0.3 is 10.9 Å². The van der Waals surface area contributed by atoms with Gasteiger partial charge in [0.1, 0.15) is 9.81 Å². The summed E-state index contributed by atoms with van der Waals surface area (Å²) in [6.45, 7) is 0. The Morgan fingerprint density at radius 1 is 0.769 bits per heavy atom. The number of nitrogens with two attached hydrogens (primary N) is 2. The molecule has 0 unspecified atom stereocenters. The van der Waals surface area contributed by atoms with Crippen LogP contribution in [0.4, 0.5) is 11.4 Å². The minimum Gasteiger partial charge on any atom is -0.322 e. The number of rotatable bonds is 6. The van der Waals surface area contributed by atoms with Gasteiger partial charge in [0, 0.05) is 5.56 Å². The average Bonchev–Trinajstić information content (AvgIpc) is 2.57. The van der Waals surface area contributed by atoms with Crippen molar-refractivity contribution in [3.05, 3.63) is 59.7 Å². The first kappa shape index (κ1) is 19.8. The summed E-state index contributed by atoms with van der Waals surface area (Å²) >= 11 is 0. The van der Waals surface area contributed by atoms with Crippen LogP contribution < -0.4 is 22.5 Å². The van der Waals surface area contributed by atoms with Crippen molar-refractivity contribution in [2.45, 2.75) is 0 Å². The van der Waals surface area contributed by atoms with Crippen LogP contribution >= 0.6 is 0 Å². The first-order valence-electron chi connectivity index (χ1n) is 6.92. The Kier molecular flexibility index (Phi) is 5.65. The van der Waals surface area contributed by atoms with Crippen LogP contribution in [0.5, 0.6) is 0 Å². The molecule has 2 aromatic rings. The largest absolute Gasteiger partial charge is 0.322 e. The first-order valence-corrected chi connectivity index (χ1v) is 9.80. The van der Waals surface area contributed by atoms with Crippen molar-refractivity contribution in [2.24, 2.45) is 11.7 Å². The maximum absolute atomic E-state index is 12.1. The molecule has 140 valence electrons. The second kappa shape index (κ2) is 7.41. The molecular weight excluding hydrogens is 384 g/mol. The molecule has 0 aliphatic heterocycles. The van der Waals surface area contributed by atoms with E-state index < -0.39 is 30.0 Å². The Hall–Kier alpha value is -2.48. The fourth-order valence-corrected chi connectivity index (χ4v) is 4.59. The Morgan fingerprint density at radius 2 is 1.35 bits per heavy atom. The summed E-state index contributed by atoms with van der Waals surface area (Å²) in [5, 5.41) is 0. The number of hydrazine groups is 2. The zero-order valence-corrected chi connectivity index (χ0v) is 14.8. The minimum atomic E-state index is -5.13. The number of para-hydroxylation sites is 1. The van der Waals surface area contributed by atoms with Gasteiger partial charge in [-0.25, -0.2) is 0 Å². The van der Waals surface area contributed by atoms with Crippen LogP contribution in [0.2, 0.25) is 0 Å². The van der Waals surface area contributed by atoms with Crippen molar-refractivity contribution in [1.82, 2.24) is 0 Å². The van der Waals surface area contributed by atoms with E-state index in [-0.39, 0.29) is 22.5 Å². The van der Waals surface area contributed by atoms with Gasteiger partial charge in [-0.15, -0.1) is 0 Å². The van der Waals surface area contributed by atoms with Crippen LogP contribution in [0.15, 0.2) is 48.5 Å². The van der Waals surface area contributed by atoms with Crippen molar-refractivity contribution in [2.75, 3.05) is 10.9 Å². The van der Waals surface area contributed by atoms with E-state index in [0.717, 1.165) is 0 Å². The third kappa shape index (κ3) is 4.01. The molecule has 2 rings (SSSR count). The molecule has 0 aliphatic rings. The molecule has 0 heterocycles. The Bertz CT molecular complexity index is 1050. The molecule has 2 aromatic carbocycles. The maximum atomic E-state index is 12.1. The average molecular weight is 400 g/mol. The summed E-state index contributed by atoms with van der Waals surface area (Å²) in [6.07, 6.45) is 0. The van der Waals surface area contributed by atoms with Crippen molar-refractivity contribution >= 4 is 41.4 Å². The standard InChI is InChI=1S/C14H16N4O6S2/c15-17-11-8-4-7-10(12(11)18-16)14(26(22,23)24)13(25(19,20)21)9-5-2-1-3-6-9/h1-8,17-18H,15-16H2,(H,19,20,21)(H,22,23,24). The smallest absolute Gasteiger partial charge is 0.296 e. The van der Waals surface area contributed by atoms with E-state index >= 15 is 0 Å². The Morgan fingerprint density at radius 3 is 1.81 bits per heavy atom. The van der Waals surface area contributed by atoms with Crippen molar-refractivity contribution in [1.29, 1.82) is 0 Å². The van der Waals surface area contributed by atoms with Gasteiger partial charge >= 0.3 is 0 Å². The summed E-state index contributed by atoms with van der Waals surface area (Å²) in [7, 11) is -10.2. The van der Waals surface area contributed by atoms with Gasteiger partial charge in [-0.1, -0.05) is 42.5 Å². The van der Waals surface area contributed by atoms with Crippen molar-refractivity contribution in [3.63, 3.8) is 0 Å². The van der Waals surface area contributed by atoms with Gasteiger partial charge in [0.05, 0.1) is 11.4 Å². The Labute approximate surface area is 150 Å². The number of hydrogen-bond acceptors (Lipinski definition) is 8. The summed E-state index contributed by atoms with van der Waals surface area (Å²) in [5.41, 5.74) is 3.99. The highest BCUT2D eigenvalue weighted by atomic mass is 32.2. The number of nitrogen functional groups attached to an aromatic ring is 2. The molecule has 12 heteroatoms. The highest BCUT2D eigenvalue weighted by Crippen LogP contribution is 2.39. The van der Waals surface area contributed by atoms with E-state index in [0.29, 0.717) is 0 Å². The number of nitrogens with one attached hydrogen (secondary N) is 2. The topological polar surface area (TPSA) is 185 Å². The SMILES string of the molecule is NNc1cccc(C(=C(c2ccccc2)S(=O)(=O)O)S(=O)(=O)O)c1NN. The second-order valence-corrected chi connectivity index (χ2v) is 7.71. The van der Waals surface area contributed by atoms with E-state index in [1.807, 2.05) is 0 Å². The molecule has 0 bridgehead atoms. The molecule has 0 spiro atoms. The Balaban J connectivity index is 3.08.